The maximum Gasteiger partial charge on any atom is 0.238 e. The van der Waals surface area contributed by atoms with Crippen LogP contribution in [0.4, 0.5) is 0 Å². The molecule has 1 aromatic rings. The van der Waals surface area contributed by atoms with Crippen molar-refractivity contribution in [1.29, 1.82) is 0 Å². The van der Waals surface area contributed by atoms with Gasteiger partial charge in [-0.25, -0.2) is 0 Å². The van der Waals surface area contributed by atoms with Gasteiger partial charge in [-0.15, -0.1) is 0 Å². The van der Waals surface area contributed by atoms with Crippen molar-refractivity contribution in [1.82, 2.24) is 10.2 Å². The highest BCUT2D eigenvalue weighted by Crippen LogP contribution is 2.42. The number of amides is 1. The fourth-order valence-corrected chi connectivity index (χ4v) is 4.85. The van der Waals surface area contributed by atoms with Gasteiger partial charge in [0.05, 0.1) is 6.54 Å². The van der Waals surface area contributed by atoms with Crippen LogP contribution in [0.25, 0.3) is 0 Å². The lowest BCUT2D eigenvalue weighted by atomic mass is 10.1. The Balaban J connectivity index is 1.79. The summed E-state index contributed by atoms with van der Waals surface area (Å²) in [5.41, 5.74) is 1.23. The third-order valence-corrected chi connectivity index (χ3v) is 6.45. The van der Waals surface area contributed by atoms with E-state index in [4.69, 9.17) is 0 Å². The minimum Gasteiger partial charge on any atom is -0.320 e. The normalized spacial score (nSPS) is 26.3. The van der Waals surface area contributed by atoms with Crippen LogP contribution in [-0.4, -0.2) is 34.9 Å². The summed E-state index contributed by atoms with van der Waals surface area (Å²) >= 11 is 3.64. The Hall–Kier alpha value is -0.520. The van der Waals surface area contributed by atoms with Gasteiger partial charge in [0.2, 0.25) is 5.91 Å². The first-order valence-electron chi connectivity index (χ1n) is 6.84. The Morgan fingerprint density at radius 2 is 2.32 bits per heavy atom. The van der Waals surface area contributed by atoms with E-state index in [1.807, 2.05) is 11.8 Å². The molecule has 1 saturated heterocycles. The van der Waals surface area contributed by atoms with Crippen molar-refractivity contribution in [2.45, 2.75) is 36.6 Å². The van der Waals surface area contributed by atoms with Crippen LogP contribution in [0.15, 0.2) is 16.8 Å². The average Bonchev–Trinajstić information content (AvgIpc) is 3.13. The molecule has 2 fully saturated rings. The number of thioether (sulfide) groups is 1. The lowest BCUT2D eigenvalue weighted by Crippen LogP contribution is -2.41. The Bertz CT molecular complexity index is 440. The molecule has 1 amide bonds. The Labute approximate surface area is 122 Å². The molecule has 104 valence electrons. The summed E-state index contributed by atoms with van der Waals surface area (Å²) in [6.45, 7) is 1.37. The summed E-state index contributed by atoms with van der Waals surface area (Å²) in [6.07, 6.45) is 7.38. The molecule has 0 aromatic carbocycles. The maximum atomic E-state index is 12.2. The molecule has 19 heavy (non-hydrogen) atoms. The molecule has 1 aliphatic carbocycles. The third-order valence-electron chi connectivity index (χ3n) is 4.34. The number of hydrogen-bond acceptors (Lipinski definition) is 4. The summed E-state index contributed by atoms with van der Waals surface area (Å²) in [7, 11) is 0. The first-order valence-corrected chi connectivity index (χ1v) is 9.01. The van der Waals surface area contributed by atoms with Crippen molar-refractivity contribution in [3.05, 3.63) is 22.4 Å². The second-order valence-electron chi connectivity index (χ2n) is 5.46. The molecule has 2 heterocycles. The molecule has 1 N–H and O–H groups in total. The highest BCUT2D eigenvalue weighted by Gasteiger charge is 2.40. The quantitative estimate of drug-likeness (QED) is 0.927. The Morgan fingerprint density at radius 3 is 2.95 bits per heavy atom. The zero-order valence-electron chi connectivity index (χ0n) is 11.2. The molecule has 0 bridgehead atoms. The van der Waals surface area contributed by atoms with E-state index in [9.17, 15) is 4.79 Å². The molecule has 0 spiro atoms. The fourth-order valence-electron chi connectivity index (χ4n) is 3.20. The van der Waals surface area contributed by atoms with Gasteiger partial charge in [0.1, 0.15) is 6.17 Å². The van der Waals surface area contributed by atoms with Gasteiger partial charge < -0.3 is 4.90 Å². The van der Waals surface area contributed by atoms with Gasteiger partial charge in [0.25, 0.3) is 0 Å². The molecule has 1 aromatic heterocycles. The zero-order chi connectivity index (χ0) is 13.3. The maximum absolute atomic E-state index is 12.2. The molecule has 1 atom stereocenters. The number of carbonyl (C=O) groups excluding carboxylic acids is 1. The average molecular weight is 296 g/mol. The van der Waals surface area contributed by atoms with Gasteiger partial charge in [-0.2, -0.15) is 23.1 Å². The molecular weight excluding hydrogens is 276 g/mol. The summed E-state index contributed by atoms with van der Waals surface area (Å²) < 4.78 is 0.288. The fraction of sp³-hybridized carbons (Fsp3) is 0.643. The van der Waals surface area contributed by atoms with Crippen LogP contribution in [0.3, 0.4) is 0 Å². The zero-order valence-corrected chi connectivity index (χ0v) is 12.9. The van der Waals surface area contributed by atoms with Crippen LogP contribution in [-0.2, 0) is 4.79 Å². The van der Waals surface area contributed by atoms with Crippen molar-refractivity contribution < 1.29 is 4.79 Å². The molecule has 1 saturated carbocycles. The number of thiophene rings is 1. The summed E-state index contributed by atoms with van der Waals surface area (Å²) in [5, 5.41) is 7.57. The number of carbonyl (C=O) groups is 1. The SMILES string of the molecule is CSC1(CN2C(=O)CNC2c2ccsc2)CCCC1. The van der Waals surface area contributed by atoms with E-state index in [0.717, 1.165) is 6.54 Å². The Morgan fingerprint density at radius 1 is 1.53 bits per heavy atom. The highest BCUT2D eigenvalue weighted by atomic mass is 32.2. The molecule has 1 unspecified atom stereocenters. The van der Waals surface area contributed by atoms with E-state index in [-0.39, 0.29) is 16.8 Å². The topological polar surface area (TPSA) is 32.3 Å². The second-order valence-corrected chi connectivity index (χ2v) is 7.51. The van der Waals surface area contributed by atoms with Crippen LogP contribution in [0, 0.1) is 0 Å². The van der Waals surface area contributed by atoms with E-state index in [1.54, 1.807) is 11.3 Å². The van der Waals surface area contributed by atoms with Crippen molar-refractivity contribution >= 4 is 29.0 Å². The van der Waals surface area contributed by atoms with E-state index in [2.05, 4.69) is 33.3 Å². The third kappa shape index (κ3) is 2.56. The van der Waals surface area contributed by atoms with Gasteiger partial charge in [0.15, 0.2) is 0 Å². The summed E-state index contributed by atoms with van der Waals surface area (Å²) in [6, 6.07) is 2.12. The summed E-state index contributed by atoms with van der Waals surface area (Å²) in [4.78, 5) is 14.2. The van der Waals surface area contributed by atoms with Crippen LogP contribution in [0.5, 0.6) is 0 Å². The minimum atomic E-state index is 0.0865. The molecular formula is C14H20N2OS2. The van der Waals surface area contributed by atoms with Gasteiger partial charge in [-0.05, 0) is 41.5 Å². The van der Waals surface area contributed by atoms with Crippen LogP contribution >= 0.6 is 23.1 Å². The molecule has 3 nitrogen and oxygen atoms in total. The van der Waals surface area contributed by atoms with Crippen molar-refractivity contribution in [2.24, 2.45) is 0 Å². The van der Waals surface area contributed by atoms with Crippen LogP contribution in [0.2, 0.25) is 0 Å². The molecule has 3 rings (SSSR count). The van der Waals surface area contributed by atoms with Crippen molar-refractivity contribution in [2.75, 3.05) is 19.3 Å². The van der Waals surface area contributed by atoms with E-state index in [1.165, 1.54) is 31.2 Å². The number of hydrogen-bond donors (Lipinski definition) is 1. The monoisotopic (exact) mass is 296 g/mol. The van der Waals surface area contributed by atoms with Crippen LogP contribution in [0.1, 0.15) is 37.4 Å². The highest BCUT2D eigenvalue weighted by molar-refractivity contribution is 8.00. The molecule has 5 heteroatoms. The Kier molecular flexibility index (Phi) is 3.87. The summed E-state index contributed by atoms with van der Waals surface area (Å²) in [5.74, 6) is 0.247. The van der Waals surface area contributed by atoms with Crippen molar-refractivity contribution in [3.8, 4) is 0 Å². The van der Waals surface area contributed by atoms with Gasteiger partial charge in [-0.1, -0.05) is 12.8 Å². The number of rotatable bonds is 4. The van der Waals surface area contributed by atoms with Crippen LogP contribution < -0.4 is 5.32 Å². The molecule has 2 aliphatic rings. The van der Waals surface area contributed by atoms with Gasteiger partial charge in [0, 0.05) is 11.3 Å². The first kappa shape index (κ1) is 13.5. The first-order chi connectivity index (χ1) is 9.24. The van der Waals surface area contributed by atoms with E-state index >= 15 is 0 Å². The largest absolute Gasteiger partial charge is 0.320 e. The minimum absolute atomic E-state index is 0.0865. The predicted octanol–water partition coefficient (Wildman–Crippen LogP) is 2.85. The lowest BCUT2D eigenvalue weighted by Gasteiger charge is -2.34. The number of nitrogens with one attached hydrogen (secondary N) is 1. The van der Waals surface area contributed by atoms with Gasteiger partial charge in [-0.3, -0.25) is 10.1 Å². The van der Waals surface area contributed by atoms with Gasteiger partial charge >= 0.3 is 0 Å². The molecule has 1 aliphatic heterocycles. The lowest BCUT2D eigenvalue weighted by molar-refractivity contribution is -0.128. The second kappa shape index (κ2) is 5.46. The standard InChI is InChI=1S/C14H20N2OS2/c1-18-14(5-2-3-6-14)10-16-12(17)8-15-13(16)11-4-7-19-9-11/h4,7,9,13,15H,2-3,5-6,8,10H2,1H3. The van der Waals surface area contributed by atoms with E-state index in [0.29, 0.717) is 6.54 Å². The predicted molar refractivity (Wildman–Crippen MR) is 81.5 cm³/mol. The number of nitrogens with zero attached hydrogens (tertiary/aromatic N) is 1. The molecule has 0 radical (unpaired) electrons. The van der Waals surface area contributed by atoms with Crippen molar-refractivity contribution in [3.63, 3.8) is 0 Å². The smallest absolute Gasteiger partial charge is 0.238 e. The van der Waals surface area contributed by atoms with E-state index < -0.39 is 0 Å².